The van der Waals surface area contributed by atoms with Crippen molar-refractivity contribution >= 4 is 17.7 Å². The van der Waals surface area contributed by atoms with Crippen LogP contribution < -0.4 is 24.3 Å². The highest BCUT2D eigenvalue weighted by atomic mass is 19.3. The summed E-state index contributed by atoms with van der Waals surface area (Å²) >= 11 is 0. The Morgan fingerprint density at radius 3 is 2.21 bits per heavy atom. The second-order valence-corrected chi connectivity index (χ2v) is 5.48. The number of methoxy groups -OCH3 is 3. The summed E-state index contributed by atoms with van der Waals surface area (Å²) in [4.78, 5) is 12.4. The Morgan fingerprint density at radius 1 is 1.00 bits per heavy atom. The van der Waals surface area contributed by atoms with Crippen LogP contribution in [0.5, 0.6) is 23.0 Å². The van der Waals surface area contributed by atoms with Crippen molar-refractivity contribution in [2.24, 2.45) is 0 Å². The van der Waals surface area contributed by atoms with Crippen molar-refractivity contribution < 1.29 is 32.5 Å². The second-order valence-electron chi connectivity index (χ2n) is 5.48. The molecule has 152 valence electrons. The molecule has 2 aromatic carbocycles. The third-order valence-electron chi connectivity index (χ3n) is 3.72. The number of amides is 1. The maximum absolute atomic E-state index is 12.6. The van der Waals surface area contributed by atoms with Crippen molar-refractivity contribution in [2.75, 3.05) is 26.6 Å². The summed E-state index contributed by atoms with van der Waals surface area (Å²) in [5.41, 5.74) is 0.443. The maximum Gasteiger partial charge on any atom is 0.387 e. The van der Waals surface area contributed by atoms with E-state index in [1.54, 1.807) is 18.2 Å². The van der Waals surface area contributed by atoms with E-state index in [1.807, 2.05) is 0 Å². The van der Waals surface area contributed by atoms with Crippen LogP contribution in [0.1, 0.15) is 5.56 Å². The van der Waals surface area contributed by atoms with Gasteiger partial charge in [0.15, 0.2) is 23.0 Å². The zero-order valence-corrected chi connectivity index (χ0v) is 15.9. The molecule has 0 saturated heterocycles. The summed E-state index contributed by atoms with van der Waals surface area (Å²) < 4.78 is 44.8. The number of hydrogen-bond donors (Lipinski definition) is 1. The number of carbonyl (C=O) groups is 1. The molecule has 0 aliphatic rings. The number of hydrogen-bond acceptors (Lipinski definition) is 6. The third-order valence-corrected chi connectivity index (χ3v) is 3.72. The fourth-order valence-electron chi connectivity index (χ4n) is 2.40. The van der Waals surface area contributed by atoms with Crippen molar-refractivity contribution in [2.45, 2.75) is 6.61 Å². The average molecular weight is 404 g/mol. The fraction of sp³-hybridized carbons (Fsp3) is 0.200. The van der Waals surface area contributed by atoms with E-state index in [0.717, 1.165) is 0 Å². The molecular formula is C20H18F2N2O5. The van der Waals surface area contributed by atoms with E-state index in [1.165, 1.54) is 51.7 Å². The normalized spacial score (nSPS) is 10.9. The molecule has 0 aromatic heterocycles. The van der Waals surface area contributed by atoms with Gasteiger partial charge in [0.1, 0.15) is 11.6 Å². The average Bonchev–Trinajstić information content (AvgIpc) is 2.71. The van der Waals surface area contributed by atoms with Gasteiger partial charge in [-0.25, -0.2) is 0 Å². The first-order valence-electron chi connectivity index (χ1n) is 8.19. The molecule has 1 amide bonds. The van der Waals surface area contributed by atoms with E-state index in [2.05, 4.69) is 10.1 Å². The number of benzene rings is 2. The number of alkyl halides is 2. The van der Waals surface area contributed by atoms with Gasteiger partial charge in [-0.15, -0.1) is 0 Å². The monoisotopic (exact) mass is 404 g/mol. The van der Waals surface area contributed by atoms with Crippen molar-refractivity contribution in [3.8, 4) is 29.1 Å². The van der Waals surface area contributed by atoms with Gasteiger partial charge in [-0.05, 0) is 35.9 Å². The van der Waals surface area contributed by atoms with Crippen molar-refractivity contribution in [3.05, 3.63) is 47.5 Å². The molecule has 0 saturated carbocycles. The summed E-state index contributed by atoms with van der Waals surface area (Å²) in [6, 6.07) is 10.6. The smallest absolute Gasteiger partial charge is 0.387 e. The molecule has 0 aliphatic heterocycles. The van der Waals surface area contributed by atoms with Crippen LogP contribution in [0.15, 0.2) is 42.0 Å². The van der Waals surface area contributed by atoms with E-state index in [9.17, 15) is 18.8 Å². The lowest BCUT2D eigenvalue weighted by molar-refractivity contribution is -0.112. The maximum atomic E-state index is 12.6. The van der Waals surface area contributed by atoms with Gasteiger partial charge in [-0.1, -0.05) is 6.07 Å². The minimum absolute atomic E-state index is 0.0933. The topological polar surface area (TPSA) is 89.8 Å². The molecule has 29 heavy (non-hydrogen) atoms. The molecule has 0 spiro atoms. The number of ether oxygens (including phenoxy) is 4. The lowest BCUT2D eigenvalue weighted by Crippen LogP contribution is -2.13. The highest BCUT2D eigenvalue weighted by molar-refractivity contribution is 6.09. The van der Waals surface area contributed by atoms with E-state index >= 15 is 0 Å². The van der Waals surface area contributed by atoms with Crippen LogP contribution >= 0.6 is 0 Å². The minimum Gasteiger partial charge on any atom is -0.493 e. The quantitative estimate of drug-likeness (QED) is 0.531. The van der Waals surface area contributed by atoms with Gasteiger partial charge in [0.05, 0.1) is 21.3 Å². The lowest BCUT2D eigenvalue weighted by atomic mass is 10.1. The van der Waals surface area contributed by atoms with Crippen LogP contribution in [0.2, 0.25) is 0 Å². The van der Waals surface area contributed by atoms with Gasteiger partial charge in [-0.3, -0.25) is 4.79 Å². The van der Waals surface area contributed by atoms with E-state index in [0.29, 0.717) is 22.7 Å². The van der Waals surface area contributed by atoms with E-state index < -0.39 is 12.5 Å². The molecule has 0 fully saturated rings. The Morgan fingerprint density at radius 2 is 1.62 bits per heavy atom. The number of nitrogens with one attached hydrogen (secondary N) is 1. The van der Waals surface area contributed by atoms with Crippen LogP contribution in [-0.4, -0.2) is 33.8 Å². The molecule has 1 N–H and O–H groups in total. The first kappa shape index (κ1) is 21.5. The van der Waals surface area contributed by atoms with Gasteiger partial charge >= 0.3 is 6.61 Å². The minimum atomic E-state index is -3.05. The first-order chi connectivity index (χ1) is 13.9. The number of nitriles is 1. The van der Waals surface area contributed by atoms with Gasteiger partial charge < -0.3 is 24.3 Å². The van der Waals surface area contributed by atoms with Crippen LogP contribution in [-0.2, 0) is 4.79 Å². The highest BCUT2D eigenvalue weighted by Gasteiger charge is 2.14. The SMILES string of the molecule is COc1ccc(NC(=O)/C(C#N)=C/c2ccc(OC)c(OC(F)F)c2)cc1OC. The van der Waals surface area contributed by atoms with Gasteiger partial charge in [0.25, 0.3) is 5.91 Å². The summed E-state index contributed by atoms with van der Waals surface area (Å²) in [7, 11) is 4.24. The largest absolute Gasteiger partial charge is 0.493 e. The number of anilines is 1. The van der Waals surface area contributed by atoms with E-state index in [-0.39, 0.29) is 17.1 Å². The highest BCUT2D eigenvalue weighted by Crippen LogP contribution is 2.31. The van der Waals surface area contributed by atoms with Crippen LogP contribution in [0, 0.1) is 11.3 Å². The van der Waals surface area contributed by atoms with Crippen LogP contribution in [0.3, 0.4) is 0 Å². The summed E-state index contributed by atoms with van der Waals surface area (Å²) in [5, 5.41) is 11.9. The third kappa shape index (κ3) is 5.59. The Labute approximate surface area is 166 Å². The van der Waals surface area contributed by atoms with Gasteiger partial charge in [0.2, 0.25) is 0 Å². The Kier molecular flexibility index (Phi) is 7.37. The molecule has 0 radical (unpaired) electrons. The van der Waals surface area contributed by atoms with Crippen molar-refractivity contribution in [1.82, 2.24) is 0 Å². The summed E-state index contributed by atoms with van der Waals surface area (Å²) in [6.45, 7) is -3.05. The summed E-state index contributed by atoms with van der Waals surface area (Å²) in [6.07, 6.45) is 1.24. The molecule has 7 nitrogen and oxygen atoms in total. The standard InChI is InChI=1S/C20H18F2N2O5/c1-26-15-7-5-14(10-17(15)28-3)24-19(25)13(11-23)8-12-4-6-16(27-2)18(9-12)29-20(21)22/h4-10,20H,1-3H3,(H,24,25)/b13-8+. The first-order valence-corrected chi connectivity index (χ1v) is 8.19. The van der Waals surface area contributed by atoms with Crippen LogP contribution in [0.25, 0.3) is 6.08 Å². The zero-order chi connectivity index (χ0) is 21.4. The summed E-state index contributed by atoms with van der Waals surface area (Å²) in [5.74, 6) is 0.0690. The van der Waals surface area contributed by atoms with Crippen LogP contribution in [0.4, 0.5) is 14.5 Å². The molecule has 0 heterocycles. The molecule has 9 heteroatoms. The van der Waals surface area contributed by atoms with E-state index in [4.69, 9.17) is 14.2 Å². The molecule has 0 atom stereocenters. The Balaban J connectivity index is 2.27. The van der Waals surface area contributed by atoms with Crippen molar-refractivity contribution in [1.29, 1.82) is 5.26 Å². The van der Waals surface area contributed by atoms with Gasteiger partial charge in [0, 0.05) is 11.8 Å². The zero-order valence-electron chi connectivity index (χ0n) is 15.9. The molecular weight excluding hydrogens is 386 g/mol. The number of carbonyl (C=O) groups excluding carboxylic acids is 1. The number of rotatable bonds is 8. The number of halogens is 2. The number of nitrogens with zero attached hydrogens (tertiary/aromatic N) is 1. The fourth-order valence-corrected chi connectivity index (χ4v) is 2.40. The molecule has 2 aromatic rings. The van der Waals surface area contributed by atoms with Crippen molar-refractivity contribution in [3.63, 3.8) is 0 Å². The van der Waals surface area contributed by atoms with Gasteiger partial charge in [-0.2, -0.15) is 14.0 Å². The lowest BCUT2D eigenvalue weighted by Gasteiger charge is -2.11. The molecule has 2 rings (SSSR count). The predicted molar refractivity (Wildman–Crippen MR) is 101 cm³/mol. The Hall–Kier alpha value is -3.80. The molecule has 0 unspecified atom stereocenters. The molecule has 0 bridgehead atoms. The second kappa shape index (κ2) is 9.94. The molecule has 0 aliphatic carbocycles. The Bertz CT molecular complexity index is 954. The predicted octanol–water partition coefficient (Wildman–Crippen LogP) is 3.86.